The third-order valence-electron chi connectivity index (χ3n) is 4.85. The zero-order valence-electron chi connectivity index (χ0n) is 14.4. The summed E-state index contributed by atoms with van der Waals surface area (Å²) in [6.45, 7) is 0.991. The lowest BCUT2D eigenvalue weighted by Crippen LogP contribution is -2.44. The summed E-state index contributed by atoms with van der Waals surface area (Å²) < 4.78 is 46.9. The van der Waals surface area contributed by atoms with E-state index in [1.165, 1.54) is 24.3 Å². The smallest absolute Gasteiger partial charge is 0.269 e. The summed E-state index contributed by atoms with van der Waals surface area (Å²) in [7, 11) is -3.87. The molecular formula is C18H19FN2O5S. The van der Waals surface area contributed by atoms with Gasteiger partial charge in [0.25, 0.3) is 5.69 Å². The summed E-state index contributed by atoms with van der Waals surface area (Å²) in [5.41, 5.74) is -0.0411. The number of sulfonamides is 1. The second-order valence-corrected chi connectivity index (χ2v) is 8.25. The van der Waals surface area contributed by atoms with Crippen LogP contribution in [0.15, 0.2) is 53.4 Å². The Hall–Kier alpha value is -2.36. The Morgan fingerprint density at radius 1 is 1.15 bits per heavy atom. The van der Waals surface area contributed by atoms with Crippen molar-refractivity contribution in [2.75, 3.05) is 19.8 Å². The number of hydrogen-bond donors (Lipinski definition) is 1. The van der Waals surface area contributed by atoms with Gasteiger partial charge in [-0.15, -0.1) is 0 Å². The summed E-state index contributed by atoms with van der Waals surface area (Å²) >= 11 is 0. The van der Waals surface area contributed by atoms with Crippen LogP contribution in [0.3, 0.4) is 0 Å². The van der Waals surface area contributed by atoms with E-state index in [4.69, 9.17) is 4.74 Å². The van der Waals surface area contributed by atoms with E-state index in [0.717, 1.165) is 17.7 Å². The van der Waals surface area contributed by atoms with E-state index in [1.54, 1.807) is 12.1 Å². The first kappa shape index (κ1) is 19.4. The van der Waals surface area contributed by atoms with Gasteiger partial charge < -0.3 is 4.74 Å². The second-order valence-electron chi connectivity index (χ2n) is 6.48. The molecule has 9 heteroatoms. The molecule has 1 aliphatic rings. The number of halogens is 1. The van der Waals surface area contributed by atoms with Gasteiger partial charge in [0, 0.05) is 37.3 Å². The molecule has 144 valence electrons. The molecule has 0 atom stereocenters. The zero-order valence-corrected chi connectivity index (χ0v) is 15.2. The predicted molar refractivity (Wildman–Crippen MR) is 96.4 cm³/mol. The summed E-state index contributed by atoms with van der Waals surface area (Å²) in [5, 5.41) is 10.7. The molecule has 0 radical (unpaired) electrons. The zero-order chi connectivity index (χ0) is 19.5. The Morgan fingerprint density at radius 3 is 2.41 bits per heavy atom. The summed E-state index contributed by atoms with van der Waals surface area (Å²) in [6.07, 6.45) is 1.11. The minimum Gasteiger partial charge on any atom is -0.381 e. The van der Waals surface area contributed by atoms with E-state index in [1.807, 2.05) is 0 Å². The number of nitrogens with one attached hydrogen (secondary N) is 1. The predicted octanol–water partition coefficient (Wildman–Crippen LogP) is 2.76. The van der Waals surface area contributed by atoms with Gasteiger partial charge in [0.2, 0.25) is 10.0 Å². The highest BCUT2D eigenvalue weighted by atomic mass is 32.2. The second kappa shape index (κ2) is 7.71. The van der Waals surface area contributed by atoms with Gasteiger partial charge in [0.1, 0.15) is 5.82 Å². The van der Waals surface area contributed by atoms with E-state index in [9.17, 15) is 22.9 Å². The van der Waals surface area contributed by atoms with Crippen LogP contribution in [-0.2, 0) is 20.2 Å². The highest BCUT2D eigenvalue weighted by molar-refractivity contribution is 7.89. The molecule has 0 spiro atoms. The van der Waals surface area contributed by atoms with Gasteiger partial charge in [0.05, 0.1) is 9.82 Å². The van der Waals surface area contributed by atoms with Crippen molar-refractivity contribution in [3.63, 3.8) is 0 Å². The van der Waals surface area contributed by atoms with Gasteiger partial charge in [-0.3, -0.25) is 10.1 Å². The molecule has 1 fully saturated rings. The van der Waals surface area contributed by atoms with Crippen molar-refractivity contribution in [1.82, 2.24) is 4.72 Å². The van der Waals surface area contributed by atoms with Crippen molar-refractivity contribution in [3.8, 4) is 0 Å². The van der Waals surface area contributed by atoms with E-state index < -0.39 is 20.4 Å². The molecule has 0 unspecified atom stereocenters. The molecule has 1 N–H and O–H groups in total. The molecule has 2 aromatic rings. The molecule has 0 bridgehead atoms. The molecule has 0 aromatic heterocycles. The lowest BCUT2D eigenvalue weighted by atomic mass is 9.74. The van der Waals surface area contributed by atoms with Crippen molar-refractivity contribution in [2.45, 2.75) is 23.2 Å². The maximum Gasteiger partial charge on any atom is 0.269 e. The van der Waals surface area contributed by atoms with Gasteiger partial charge in [0.15, 0.2) is 0 Å². The van der Waals surface area contributed by atoms with Crippen molar-refractivity contribution < 1.29 is 22.5 Å². The van der Waals surface area contributed by atoms with Gasteiger partial charge >= 0.3 is 0 Å². The van der Waals surface area contributed by atoms with E-state index in [0.29, 0.717) is 26.1 Å². The summed E-state index contributed by atoms with van der Waals surface area (Å²) in [4.78, 5) is 10.1. The molecule has 1 aliphatic heterocycles. The number of benzene rings is 2. The Bertz CT molecular complexity index is 925. The fraction of sp³-hybridized carbons (Fsp3) is 0.333. The topological polar surface area (TPSA) is 98.5 Å². The van der Waals surface area contributed by atoms with Crippen LogP contribution in [0.1, 0.15) is 18.4 Å². The minimum absolute atomic E-state index is 0.0606. The molecule has 1 saturated heterocycles. The van der Waals surface area contributed by atoms with Crippen LogP contribution in [-0.4, -0.2) is 33.1 Å². The monoisotopic (exact) mass is 394 g/mol. The van der Waals surface area contributed by atoms with Crippen LogP contribution in [0.25, 0.3) is 0 Å². The van der Waals surface area contributed by atoms with E-state index in [-0.39, 0.29) is 22.9 Å². The molecule has 0 saturated carbocycles. The Morgan fingerprint density at radius 2 is 1.81 bits per heavy atom. The van der Waals surface area contributed by atoms with E-state index >= 15 is 0 Å². The van der Waals surface area contributed by atoms with Crippen molar-refractivity contribution in [2.24, 2.45) is 0 Å². The standard InChI is InChI=1S/C18H19FN2O5S/c19-15-3-1-2-14(12-15)18(8-10-26-11-9-18)13-20-27(24,25)17-6-4-16(5-7-17)21(22)23/h1-7,12,20H,8-11,13H2. The lowest BCUT2D eigenvalue weighted by molar-refractivity contribution is -0.384. The van der Waals surface area contributed by atoms with Crippen LogP contribution < -0.4 is 4.72 Å². The lowest BCUT2D eigenvalue weighted by Gasteiger charge is -2.37. The van der Waals surface area contributed by atoms with Gasteiger partial charge in [-0.2, -0.15) is 0 Å². The number of hydrogen-bond acceptors (Lipinski definition) is 5. The van der Waals surface area contributed by atoms with Crippen molar-refractivity contribution in [3.05, 3.63) is 70.0 Å². The third-order valence-corrected chi connectivity index (χ3v) is 6.26. The maximum atomic E-state index is 13.7. The summed E-state index contributed by atoms with van der Waals surface area (Å²) in [5.74, 6) is -0.378. The third kappa shape index (κ3) is 4.32. The Kier molecular flexibility index (Phi) is 5.54. The van der Waals surface area contributed by atoms with Gasteiger partial charge in [-0.05, 0) is 42.7 Å². The quantitative estimate of drug-likeness (QED) is 0.600. The number of nitro benzene ring substituents is 1. The molecule has 0 amide bonds. The highest BCUT2D eigenvalue weighted by Crippen LogP contribution is 2.35. The normalized spacial score (nSPS) is 16.8. The van der Waals surface area contributed by atoms with Crippen LogP contribution in [0.5, 0.6) is 0 Å². The fourth-order valence-electron chi connectivity index (χ4n) is 3.21. The number of nitro groups is 1. The highest BCUT2D eigenvalue weighted by Gasteiger charge is 2.36. The molecule has 0 aliphatic carbocycles. The molecule has 2 aromatic carbocycles. The minimum atomic E-state index is -3.87. The number of rotatable bonds is 6. The average molecular weight is 394 g/mol. The number of nitrogens with zero attached hydrogens (tertiary/aromatic N) is 1. The first-order valence-electron chi connectivity index (χ1n) is 8.40. The van der Waals surface area contributed by atoms with Crippen LogP contribution >= 0.6 is 0 Å². The van der Waals surface area contributed by atoms with Gasteiger partial charge in [-0.1, -0.05) is 12.1 Å². The fourth-order valence-corrected chi connectivity index (χ4v) is 4.34. The number of ether oxygens (including phenoxy) is 1. The molecule has 1 heterocycles. The van der Waals surface area contributed by atoms with Crippen molar-refractivity contribution >= 4 is 15.7 Å². The molecular weight excluding hydrogens is 375 g/mol. The molecule has 27 heavy (non-hydrogen) atoms. The van der Waals surface area contributed by atoms with Crippen LogP contribution in [0.2, 0.25) is 0 Å². The molecule has 3 rings (SSSR count). The van der Waals surface area contributed by atoms with Crippen LogP contribution in [0.4, 0.5) is 10.1 Å². The van der Waals surface area contributed by atoms with Gasteiger partial charge in [-0.25, -0.2) is 17.5 Å². The maximum absolute atomic E-state index is 13.7. The summed E-state index contributed by atoms with van der Waals surface area (Å²) in [6, 6.07) is 10.8. The van der Waals surface area contributed by atoms with Crippen LogP contribution in [0, 0.1) is 15.9 Å². The molecule has 7 nitrogen and oxygen atoms in total. The largest absolute Gasteiger partial charge is 0.381 e. The van der Waals surface area contributed by atoms with Crippen molar-refractivity contribution in [1.29, 1.82) is 0 Å². The SMILES string of the molecule is O=[N+]([O-])c1ccc(S(=O)(=O)NCC2(c3cccc(F)c3)CCOCC2)cc1. The Balaban J connectivity index is 1.83. The number of non-ortho nitro benzene ring substituents is 1. The first-order valence-corrected chi connectivity index (χ1v) is 9.89. The average Bonchev–Trinajstić information content (AvgIpc) is 2.67. The first-order chi connectivity index (χ1) is 12.8. The van der Waals surface area contributed by atoms with E-state index in [2.05, 4.69) is 4.72 Å². The Labute approximate surface area is 156 Å².